The van der Waals surface area contributed by atoms with E-state index in [1.165, 1.54) is 19.1 Å². The number of methoxy groups -OCH3 is 1. The second-order valence-electron chi connectivity index (χ2n) is 7.71. The molecular formula is C20H25FN3O9P. The normalized spacial score (nSPS) is 27.0. The molecule has 6 atom stereocenters. The Morgan fingerprint density at radius 2 is 2.03 bits per heavy atom. The molecule has 1 saturated heterocycles. The third-order valence-corrected chi connectivity index (χ3v) is 6.75. The summed E-state index contributed by atoms with van der Waals surface area (Å²) in [6.45, 7) is 1.74. The number of hydrogen-bond acceptors (Lipinski definition) is 9. The molecule has 34 heavy (non-hydrogen) atoms. The number of aliphatic hydroxyl groups excluding tert-OH is 1. The lowest BCUT2D eigenvalue weighted by atomic mass is 9.98. The lowest BCUT2D eigenvalue weighted by Crippen LogP contribution is -2.43. The van der Waals surface area contributed by atoms with E-state index in [0.29, 0.717) is 0 Å². The fraction of sp³-hybridized carbons (Fsp3) is 0.450. The van der Waals surface area contributed by atoms with Gasteiger partial charge in [-0.05, 0) is 26.0 Å². The first-order chi connectivity index (χ1) is 16.0. The van der Waals surface area contributed by atoms with Crippen LogP contribution in [-0.2, 0) is 23.4 Å². The largest absolute Gasteiger partial charge is 0.468 e. The van der Waals surface area contributed by atoms with Crippen LogP contribution in [0.4, 0.5) is 4.39 Å². The van der Waals surface area contributed by atoms with Crippen molar-refractivity contribution in [2.75, 3.05) is 13.7 Å². The number of aliphatic hydroxyl groups is 1. The molecule has 0 saturated carbocycles. The molecule has 0 radical (unpaired) electrons. The third kappa shape index (κ3) is 5.62. The molecule has 1 aliphatic rings. The summed E-state index contributed by atoms with van der Waals surface area (Å²) in [7, 11) is -3.13. The highest BCUT2D eigenvalue weighted by Crippen LogP contribution is 2.47. The Bertz CT molecular complexity index is 1170. The number of rotatable bonds is 9. The van der Waals surface area contributed by atoms with Crippen LogP contribution in [0.3, 0.4) is 0 Å². The Hall–Kier alpha value is -2.83. The smallest absolute Gasteiger partial charge is 0.459 e. The van der Waals surface area contributed by atoms with E-state index in [9.17, 15) is 24.1 Å². The summed E-state index contributed by atoms with van der Waals surface area (Å²) in [6.07, 6.45) is -3.78. The Balaban J connectivity index is 1.80. The molecule has 1 aliphatic heterocycles. The van der Waals surface area contributed by atoms with Gasteiger partial charge in [0, 0.05) is 12.3 Å². The Morgan fingerprint density at radius 3 is 2.65 bits per heavy atom. The molecule has 186 valence electrons. The minimum Gasteiger partial charge on any atom is -0.468 e. The average molecular weight is 501 g/mol. The molecule has 1 fully saturated rings. The molecule has 2 aromatic rings. The lowest BCUT2D eigenvalue weighted by Gasteiger charge is -2.25. The first-order valence-electron chi connectivity index (χ1n) is 10.2. The summed E-state index contributed by atoms with van der Waals surface area (Å²) < 4.78 is 50.5. The monoisotopic (exact) mass is 501 g/mol. The molecule has 12 nitrogen and oxygen atoms in total. The quantitative estimate of drug-likeness (QED) is 0.333. The number of benzene rings is 1. The van der Waals surface area contributed by atoms with Crippen molar-refractivity contribution in [3.8, 4) is 5.75 Å². The highest BCUT2D eigenvalue weighted by Gasteiger charge is 2.55. The zero-order valence-corrected chi connectivity index (χ0v) is 19.4. The van der Waals surface area contributed by atoms with Crippen LogP contribution >= 0.6 is 7.75 Å². The lowest BCUT2D eigenvalue weighted by molar-refractivity contribution is -0.142. The number of nitrogens with one attached hydrogen (secondary N) is 2. The van der Waals surface area contributed by atoms with Crippen LogP contribution in [0.2, 0.25) is 0 Å². The average Bonchev–Trinajstić information content (AvgIpc) is 3.01. The number of ether oxygens (including phenoxy) is 2. The van der Waals surface area contributed by atoms with Gasteiger partial charge in [0.2, 0.25) is 0 Å². The van der Waals surface area contributed by atoms with Crippen molar-refractivity contribution in [1.29, 1.82) is 0 Å². The van der Waals surface area contributed by atoms with E-state index < -0.39 is 61.7 Å². The van der Waals surface area contributed by atoms with E-state index in [4.69, 9.17) is 13.8 Å². The number of halogens is 1. The number of carbonyl (C=O) groups excluding carboxylic acids is 1. The van der Waals surface area contributed by atoms with Gasteiger partial charge in [-0.1, -0.05) is 18.2 Å². The number of alkyl halides is 1. The molecule has 14 heteroatoms. The second-order valence-corrected chi connectivity index (χ2v) is 9.41. The fourth-order valence-electron chi connectivity index (χ4n) is 3.31. The minimum absolute atomic E-state index is 0.149. The third-order valence-electron chi connectivity index (χ3n) is 5.10. The molecule has 0 spiro atoms. The van der Waals surface area contributed by atoms with Crippen molar-refractivity contribution < 1.29 is 37.4 Å². The van der Waals surface area contributed by atoms with Gasteiger partial charge in [-0.25, -0.2) is 13.8 Å². The topological polar surface area (TPSA) is 158 Å². The van der Waals surface area contributed by atoms with Gasteiger partial charge in [-0.2, -0.15) is 5.09 Å². The van der Waals surface area contributed by atoms with Gasteiger partial charge in [0.15, 0.2) is 11.9 Å². The number of hydrogen-bond donors (Lipinski definition) is 3. The van der Waals surface area contributed by atoms with Crippen molar-refractivity contribution in [3.05, 3.63) is 63.4 Å². The van der Waals surface area contributed by atoms with Crippen LogP contribution in [0.5, 0.6) is 5.75 Å². The predicted molar refractivity (Wildman–Crippen MR) is 116 cm³/mol. The zero-order valence-electron chi connectivity index (χ0n) is 18.5. The van der Waals surface area contributed by atoms with Crippen molar-refractivity contribution in [1.82, 2.24) is 14.6 Å². The maximum atomic E-state index is 15.4. The second kappa shape index (κ2) is 10.2. The molecule has 2 unspecified atom stereocenters. The van der Waals surface area contributed by atoms with Crippen molar-refractivity contribution in [2.45, 2.75) is 44.0 Å². The van der Waals surface area contributed by atoms with Crippen molar-refractivity contribution >= 4 is 13.7 Å². The molecule has 3 rings (SSSR count). The van der Waals surface area contributed by atoms with E-state index >= 15 is 4.39 Å². The van der Waals surface area contributed by atoms with Gasteiger partial charge in [0.25, 0.3) is 5.56 Å². The van der Waals surface area contributed by atoms with Gasteiger partial charge < -0.3 is 19.1 Å². The zero-order chi connectivity index (χ0) is 25.1. The number of aromatic amines is 1. The standard InChI is InChI=1S/C20H25FN3O9P/c1-12(17(27)30-3)23-34(29,33-13-7-5-4-6-8-13)31-11-14-16(26)20(2,21)18(32-14)24-10-9-15(25)22-19(24)28/h4-10,12,14,16,18,26H,11H2,1-3H3,(H,23,29)(H,22,25,28)/t12?,14-,16-,18-,20-,34?/m1/s1. The molecule has 1 aromatic heterocycles. The molecule has 1 aromatic carbocycles. The van der Waals surface area contributed by atoms with Crippen LogP contribution < -0.4 is 20.9 Å². The maximum Gasteiger partial charge on any atom is 0.459 e. The van der Waals surface area contributed by atoms with Crippen LogP contribution in [0, 0.1) is 0 Å². The molecule has 0 aliphatic carbocycles. The molecule has 2 heterocycles. The highest BCUT2D eigenvalue weighted by atomic mass is 31.2. The SMILES string of the molecule is COC(=O)C(C)NP(=O)(OC[C@H]1O[C@@H](n2ccc(=O)[nH]c2=O)[C@](C)(F)[C@@H]1O)Oc1ccccc1. The van der Waals surface area contributed by atoms with Gasteiger partial charge in [0.1, 0.15) is 24.0 Å². The summed E-state index contributed by atoms with van der Waals surface area (Å²) >= 11 is 0. The molecule has 0 amide bonds. The summed E-state index contributed by atoms with van der Waals surface area (Å²) in [5.41, 5.74) is -4.11. The van der Waals surface area contributed by atoms with Gasteiger partial charge in [-0.3, -0.25) is 23.7 Å². The van der Waals surface area contributed by atoms with Crippen LogP contribution in [-0.4, -0.2) is 58.3 Å². The van der Waals surface area contributed by atoms with E-state index in [1.54, 1.807) is 18.2 Å². The Kier molecular flexibility index (Phi) is 7.74. The number of carbonyl (C=O) groups is 1. The van der Waals surface area contributed by atoms with E-state index in [0.717, 1.165) is 30.9 Å². The van der Waals surface area contributed by atoms with E-state index in [-0.39, 0.29) is 5.75 Å². The highest BCUT2D eigenvalue weighted by molar-refractivity contribution is 7.52. The maximum absolute atomic E-state index is 15.4. The van der Waals surface area contributed by atoms with Crippen LogP contribution in [0.1, 0.15) is 20.1 Å². The van der Waals surface area contributed by atoms with Crippen molar-refractivity contribution in [3.63, 3.8) is 0 Å². The molecule has 3 N–H and O–H groups in total. The van der Waals surface area contributed by atoms with Gasteiger partial charge in [-0.15, -0.1) is 0 Å². The fourth-order valence-corrected chi connectivity index (χ4v) is 4.81. The summed E-state index contributed by atoms with van der Waals surface area (Å²) in [6, 6.07) is 7.83. The number of H-pyrrole nitrogens is 1. The minimum atomic E-state index is -4.27. The summed E-state index contributed by atoms with van der Waals surface area (Å²) in [4.78, 5) is 37.2. The van der Waals surface area contributed by atoms with Crippen molar-refractivity contribution in [2.24, 2.45) is 0 Å². The van der Waals surface area contributed by atoms with Gasteiger partial charge in [0.05, 0.1) is 13.7 Å². The first-order valence-corrected chi connectivity index (χ1v) is 11.7. The molecular weight excluding hydrogens is 476 g/mol. The number of nitrogens with zero attached hydrogens (tertiary/aromatic N) is 1. The molecule has 0 bridgehead atoms. The number of aromatic nitrogens is 2. The van der Waals surface area contributed by atoms with E-state index in [1.807, 2.05) is 4.98 Å². The summed E-state index contributed by atoms with van der Waals surface area (Å²) in [5, 5.41) is 12.9. The Morgan fingerprint density at radius 1 is 1.35 bits per heavy atom. The van der Waals surface area contributed by atoms with Crippen LogP contribution in [0.25, 0.3) is 0 Å². The number of esters is 1. The first kappa shape index (κ1) is 25.8. The van der Waals surface area contributed by atoms with Gasteiger partial charge >= 0.3 is 19.4 Å². The Labute approximate surface area is 193 Å². The number of para-hydroxylation sites is 1. The predicted octanol–water partition coefficient (Wildman–Crippen LogP) is 0.878. The summed E-state index contributed by atoms with van der Waals surface area (Å²) in [5.74, 6) is -0.595. The van der Waals surface area contributed by atoms with Crippen LogP contribution in [0.15, 0.2) is 52.2 Å². The van der Waals surface area contributed by atoms with E-state index in [2.05, 4.69) is 9.82 Å².